The van der Waals surface area contributed by atoms with Gasteiger partial charge in [0.1, 0.15) is 18.1 Å². The van der Waals surface area contributed by atoms with Gasteiger partial charge in [-0.2, -0.15) is 0 Å². The van der Waals surface area contributed by atoms with Crippen LogP contribution in [0.1, 0.15) is 12.5 Å². The van der Waals surface area contributed by atoms with Crippen LogP contribution in [0.3, 0.4) is 0 Å². The van der Waals surface area contributed by atoms with Gasteiger partial charge in [0.15, 0.2) is 0 Å². The van der Waals surface area contributed by atoms with Crippen molar-refractivity contribution in [3.8, 4) is 11.8 Å². The number of hydrogen-bond acceptors (Lipinski definition) is 5. The van der Waals surface area contributed by atoms with Crippen LogP contribution in [0.4, 0.5) is 0 Å². The van der Waals surface area contributed by atoms with E-state index in [1.54, 1.807) is 0 Å². The molecule has 5 nitrogen and oxygen atoms in total. The normalized spacial score (nSPS) is 23.8. The Bertz CT molecular complexity index is 785. The Kier molecular flexibility index (Phi) is 11.4. The molecule has 0 saturated heterocycles. The first-order valence-electron chi connectivity index (χ1n) is 7.71. The molecule has 0 aliphatic heterocycles. The van der Waals surface area contributed by atoms with Gasteiger partial charge in [-0.15, -0.1) is 0 Å². The topological polar surface area (TPSA) is 73.8 Å². The number of rotatable bonds is 5. The van der Waals surface area contributed by atoms with Gasteiger partial charge < -0.3 is 24.4 Å². The summed E-state index contributed by atoms with van der Waals surface area (Å²) in [6.07, 6.45) is 0. The summed E-state index contributed by atoms with van der Waals surface area (Å²) >= 11 is 12.2. The average molecular weight is 411 g/mol. The van der Waals surface area contributed by atoms with Gasteiger partial charge >= 0.3 is 37.7 Å². The van der Waals surface area contributed by atoms with Gasteiger partial charge in [-0.3, -0.25) is 0 Å². The summed E-state index contributed by atoms with van der Waals surface area (Å²) in [4.78, 5) is 0. The van der Waals surface area contributed by atoms with Gasteiger partial charge in [0.25, 0.3) is 0 Å². The quantitative estimate of drug-likeness (QED) is 0.278. The summed E-state index contributed by atoms with van der Waals surface area (Å²) < 4.78 is 15.5. The van der Waals surface area contributed by atoms with Gasteiger partial charge in [-0.25, -0.2) is 0 Å². The van der Waals surface area contributed by atoms with Crippen molar-refractivity contribution in [3.63, 3.8) is 0 Å². The Balaban J connectivity index is 0.00000364. The molecule has 1 aromatic carbocycles. The zero-order valence-corrected chi connectivity index (χ0v) is 18.1. The molecule has 0 heterocycles. The molecule has 1 aliphatic rings. The molecule has 0 aromatic heterocycles. The third-order valence-electron chi connectivity index (χ3n) is 3.84. The molecule has 2 rings (SSSR count). The maximum atomic E-state index is 13.2. The van der Waals surface area contributed by atoms with Crippen molar-refractivity contribution in [2.75, 3.05) is 20.8 Å². The number of benzene rings is 1. The van der Waals surface area contributed by atoms with Crippen LogP contribution in [0.25, 0.3) is 0 Å². The molecule has 0 spiro atoms. The molecule has 2 unspecified atom stereocenters. The van der Waals surface area contributed by atoms with E-state index in [-0.39, 0.29) is 60.9 Å². The number of hydrogen-bond donors (Lipinski definition) is 0. The standard InChI is InChI=1S/C19H18Cl2O5.2Li/c1-18(22)14(20)17(25-3)19(23,15(21)16(18)24-2)10-7-11-26-12-13-8-5-4-6-9-13;;/h4-6,8-9H,11-12H2,1-3H3;;/q-2;2*+1. The fraction of sp³-hybridized carbons (Fsp3) is 0.368. The van der Waals surface area contributed by atoms with Crippen LogP contribution in [0.2, 0.25) is 0 Å². The Hall–Kier alpha value is -0.485. The molecule has 0 saturated carbocycles. The van der Waals surface area contributed by atoms with Crippen LogP contribution < -0.4 is 47.9 Å². The molecule has 1 aromatic rings. The van der Waals surface area contributed by atoms with Crippen LogP contribution in [-0.4, -0.2) is 32.0 Å². The zero-order valence-electron chi connectivity index (χ0n) is 16.6. The van der Waals surface area contributed by atoms with Crippen molar-refractivity contribution < 1.29 is 62.1 Å². The summed E-state index contributed by atoms with van der Waals surface area (Å²) in [5.74, 6) is 4.47. The van der Waals surface area contributed by atoms with E-state index in [0.717, 1.165) is 5.56 Å². The molecular formula is C19H18Cl2Li2O5. The predicted molar refractivity (Wildman–Crippen MR) is 94.8 cm³/mol. The van der Waals surface area contributed by atoms with E-state index in [1.165, 1.54) is 21.1 Å². The predicted octanol–water partition coefficient (Wildman–Crippen LogP) is -4.36. The minimum Gasteiger partial charge on any atom is -0.840 e. The average Bonchev–Trinajstić information content (AvgIpc) is 2.62. The molecule has 28 heavy (non-hydrogen) atoms. The summed E-state index contributed by atoms with van der Waals surface area (Å²) in [6, 6.07) is 9.52. The molecule has 0 N–H and O–H groups in total. The van der Waals surface area contributed by atoms with Crippen LogP contribution in [0.15, 0.2) is 51.9 Å². The van der Waals surface area contributed by atoms with Crippen molar-refractivity contribution in [1.29, 1.82) is 0 Å². The number of ether oxygens (including phenoxy) is 3. The Morgan fingerprint density at radius 3 is 2.07 bits per heavy atom. The largest absolute Gasteiger partial charge is 1.00 e. The SMILES string of the molecule is COC1=C(Cl)C([O-])(C#CCOCc2ccccc2)C(OC)=C(Cl)C1(C)[O-].[Li+].[Li+]. The van der Waals surface area contributed by atoms with Crippen LogP contribution in [0, 0.1) is 11.8 Å². The number of halogens is 2. The van der Waals surface area contributed by atoms with Crippen molar-refractivity contribution in [1.82, 2.24) is 0 Å². The smallest absolute Gasteiger partial charge is 0.840 e. The minimum atomic E-state index is -2.33. The first kappa shape index (κ1) is 27.5. The van der Waals surface area contributed by atoms with Crippen LogP contribution >= 0.6 is 23.2 Å². The second-order valence-electron chi connectivity index (χ2n) is 5.69. The molecule has 140 valence electrons. The molecule has 0 bridgehead atoms. The first-order chi connectivity index (χ1) is 12.3. The summed E-state index contributed by atoms with van der Waals surface area (Å²) in [7, 11) is 2.47. The van der Waals surface area contributed by atoms with E-state index < -0.39 is 16.2 Å². The van der Waals surface area contributed by atoms with E-state index in [0.29, 0.717) is 6.61 Å². The molecule has 2 atom stereocenters. The van der Waals surface area contributed by atoms with E-state index in [4.69, 9.17) is 37.4 Å². The zero-order chi connectivity index (χ0) is 19.4. The fourth-order valence-electron chi connectivity index (χ4n) is 2.52. The fourth-order valence-corrected chi connectivity index (χ4v) is 3.21. The van der Waals surface area contributed by atoms with E-state index >= 15 is 0 Å². The maximum Gasteiger partial charge on any atom is 1.00 e. The molecular weight excluding hydrogens is 393 g/mol. The van der Waals surface area contributed by atoms with Crippen LogP contribution in [0.5, 0.6) is 0 Å². The minimum absolute atomic E-state index is 0. The van der Waals surface area contributed by atoms with Crippen molar-refractivity contribution in [2.24, 2.45) is 0 Å². The Morgan fingerprint density at radius 1 is 0.964 bits per heavy atom. The van der Waals surface area contributed by atoms with Gasteiger partial charge in [0, 0.05) is 0 Å². The Morgan fingerprint density at radius 2 is 1.54 bits per heavy atom. The number of methoxy groups -OCH3 is 2. The Labute approximate surface area is 199 Å². The maximum absolute atomic E-state index is 13.2. The summed E-state index contributed by atoms with van der Waals surface area (Å²) in [6.45, 7) is 1.58. The van der Waals surface area contributed by atoms with Crippen LogP contribution in [-0.2, 0) is 20.8 Å². The second-order valence-corrected chi connectivity index (χ2v) is 6.44. The molecule has 9 heteroatoms. The van der Waals surface area contributed by atoms with Gasteiger partial charge in [-0.05, 0) is 11.2 Å². The van der Waals surface area contributed by atoms with Crippen molar-refractivity contribution >= 4 is 23.2 Å². The second kappa shape index (κ2) is 11.6. The van der Waals surface area contributed by atoms with Gasteiger partial charge in [0.2, 0.25) is 0 Å². The van der Waals surface area contributed by atoms with Gasteiger partial charge in [-0.1, -0.05) is 72.3 Å². The molecule has 1 aliphatic carbocycles. The van der Waals surface area contributed by atoms with Crippen molar-refractivity contribution in [2.45, 2.75) is 24.7 Å². The summed E-state index contributed by atoms with van der Waals surface area (Å²) in [5, 5.41) is 25.1. The molecule has 0 amide bonds. The first-order valence-corrected chi connectivity index (χ1v) is 8.46. The molecule has 0 radical (unpaired) electrons. The van der Waals surface area contributed by atoms with Gasteiger partial charge in [0.05, 0.1) is 36.5 Å². The van der Waals surface area contributed by atoms with E-state index in [2.05, 4.69) is 11.8 Å². The van der Waals surface area contributed by atoms with Crippen molar-refractivity contribution in [3.05, 3.63) is 57.5 Å². The summed E-state index contributed by atoms with van der Waals surface area (Å²) in [5.41, 5.74) is -3.39. The van der Waals surface area contributed by atoms with E-state index in [1.807, 2.05) is 30.3 Å². The third-order valence-corrected chi connectivity index (χ3v) is 4.81. The monoisotopic (exact) mass is 410 g/mol. The molecule has 0 fully saturated rings. The third kappa shape index (κ3) is 5.56. The van der Waals surface area contributed by atoms with E-state index in [9.17, 15) is 10.2 Å².